The molecule has 2 N–H and O–H groups in total. The molecule has 0 spiro atoms. The molecule has 0 bridgehead atoms. The molecule has 0 aromatic carbocycles. The monoisotopic (exact) mass is 236 g/mol. The molecule has 96 valence electrons. The zero-order valence-corrected chi connectivity index (χ0v) is 11.4. The number of aryl methyl sites for hydroxylation is 2. The highest BCUT2D eigenvalue weighted by molar-refractivity contribution is 5.66. The Morgan fingerprint density at radius 3 is 2.65 bits per heavy atom. The minimum atomic E-state index is 0.726. The van der Waals surface area contributed by atoms with Gasteiger partial charge in [0.1, 0.15) is 0 Å². The summed E-state index contributed by atoms with van der Waals surface area (Å²) < 4.78 is 2.04. The normalized spacial score (nSPS) is 25.3. The average Bonchev–Trinajstić information content (AvgIpc) is 2.59. The van der Waals surface area contributed by atoms with Crippen LogP contribution in [-0.2, 0) is 6.54 Å². The molecule has 1 aromatic rings. The molecule has 0 radical (unpaired) electrons. The predicted octanol–water partition coefficient (Wildman–Crippen LogP) is 2.28. The molecule has 17 heavy (non-hydrogen) atoms. The number of hydrogen-bond acceptors (Lipinski definition) is 3. The smallest absolute Gasteiger partial charge is 0.150 e. The Labute approximate surface area is 104 Å². The van der Waals surface area contributed by atoms with Crippen molar-refractivity contribution >= 4 is 11.5 Å². The highest BCUT2D eigenvalue weighted by Gasteiger charge is 2.26. The van der Waals surface area contributed by atoms with Crippen LogP contribution in [0.3, 0.4) is 0 Å². The van der Waals surface area contributed by atoms with Crippen molar-refractivity contribution in [3.63, 3.8) is 0 Å². The number of nitrogens with zero attached hydrogens (tertiary/aromatic N) is 3. The summed E-state index contributed by atoms with van der Waals surface area (Å²) in [5.74, 6) is 2.67. The predicted molar refractivity (Wildman–Crippen MR) is 72.2 cm³/mol. The molecular weight excluding hydrogens is 212 g/mol. The van der Waals surface area contributed by atoms with Crippen LogP contribution in [0.15, 0.2) is 0 Å². The maximum Gasteiger partial charge on any atom is 0.150 e. The van der Waals surface area contributed by atoms with E-state index in [1.807, 2.05) is 11.6 Å². The fourth-order valence-corrected chi connectivity index (χ4v) is 2.59. The number of anilines is 2. The van der Waals surface area contributed by atoms with Crippen molar-refractivity contribution in [2.45, 2.75) is 40.7 Å². The third-order valence-corrected chi connectivity index (χ3v) is 4.08. The van der Waals surface area contributed by atoms with Crippen LogP contribution < -0.4 is 10.6 Å². The molecule has 0 saturated carbocycles. The fourth-order valence-electron chi connectivity index (χ4n) is 2.59. The van der Waals surface area contributed by atoms with Crippen molar-refractivity contribution < 1.29 is 0 Å². The Hall–Kier alpha value is -1.19. The number of aromatic nitrogens is 2. The van der Waals surface area contributed by atoms with Gasteiger partial charge in [0.05, 0.1) is 11.4 Å². The molecule has 2 atom stereocenters. The number of hydrogen-bond donors (Lipinski definition) is 1. The minimum Gasteiger partial charge on any atom is -0.394 e. The summed E-state index contributed by atoms with van der Waals surface area (Å²) in [5, 5.41) is 4.50. The van der Waals surface area contributed by atoms with Gasteiger partial charge in [0.2, 0.25) is 0 Å². The maximum absolute atomic E-state index is 6.16. The zero-order valence-electron chi connectivity index (χ0n) is 11.4. The first-order valence-corrected chi connectivity index (χ1v) is 6.62. The molecule has 0 aliphatic carbocycles. The third kappa shape index (κ3) is 2.13. The van der Waals surface area contributed by atoms with E-state index in [0.717, 1.165) is 48.7 Å². The third-order valence-electron chi connectivity index (χ3n) is 4.08. The van der Waals surface area contributed by atoms with Crippen LogP contribution in [0.25, 0.3) is 0 Å². The van der Waals surface area contributed by atoms with Crippen LogP contribution in [0.4, 0.5) is 11.5 Å². The number of rotatable bonds is 2. The zero-order chi connectivity index (χ0) is 12.6. The van der Waals surface area contributed by atoms with Crippen LogP contribution in [0, 0.1) is 18.8 Å². The quantitative estimate of drug-likeness (QED) is 0.857. The van der Waals surface area contributed by atoms with Crippen molar-refractivity contribution in [1.82, 2.24) is 9.78 Å². The average molecular weight is 236 g/mol. The van der Waals surface area contributed by atoms with E-state index >= 15 is 0 Å². The van der Waals surface area contributed by atoms with Gasteiger partial charge in [0, 0.05) is 19.6 Å². The minimum absolute atomic E-state index is 0.726. The molecule has 1 aliphatic heterocycles. The summed E-state index contributed by atoms with van der Waals surface area (Å²) in [7, 11) is 0. The topological polar surface area (TPSA) is 47.1 Å². The number of nitrogen functional groups attached to an aromatic ring is 1. The first kappa shape index (κ1) is 12.3. The molecule has 1 aromatic heterocycles. The van der Waals surface area contributed by atoms with Crippen molar-refractivity contribution in [1.29, 1.82) is 0 Å². The first-order valence-electron chi connectivity index (χ1n) is 6.62. The van der Waals surface area contributed by atoms with Crippen molar-refractivity contribution in [2.24, 2.45) is 11.8 Å². The lowest BCUT2D eigenvalue weighted by Crippen LogP contribution is -2.39. The second-order valence-electron chi connectivity index (χ2n) is 5.33. The van der Waals surface area contributed by atoms with Crippen LogP contribution in [0.1, 0.15) is 32.9 Å². The van der Waals surface area contributed by atoms with Gasteiger partial charge >= 0.3 is 0 Å². The summed E-state index contributed by atoms with van der Waals surface area (Å²) in [6.45, 7) is 11.8. The van der Waals surface area contributed by atoms with Gasteiger partial charge in [0.15, 0.2) is 5.82 Å². The lowest BCUT2D eigenvalue weighted by Gasteiger charge is -2.36. The largest absolute Gasteiger partial charge is 0.394 e. The van der Waals surface area contributed by atoms with Gasteiger partial charge in [-0.2, -0.15) is 5.10 Å². The Morgan fingerprint density at radius 2 is 2.06 bits per heavy atom. The lowest BCUT2D eigenvalue weighted by molar-refractivity contribution is 0.321. The summed E-state index contributed by atoms with van der Waals surface area (Å²) in [6, 6.07) is 0. The van der Waals surface area contributed by atoms with Gasteiger partial charge in [-0.25, -0.2) is 4.68 Å². The summed E-state index contributed by atoms with van der Waals surface area (Å²) in [5.41, 5.74) is 7.97. The Balaban J connectivity index is 2.28. The highest BCUT2D eigenvalue weighted by atomic mass is 15.4. The van der Waals surface area contributed by atoms with Crippen LogP contribution >= 0.6 is 0 Å². The molecule has 1 aliphatic rings. The van der Waals surface area contributed by atoms with Gasteiger partial charge in [-0.3, -0.25) is 0 Å². The molecule has 2 heterocycles. The second-order valence-corrected chi connectivity index (χ2v) is 5.33. The van der Waals surface area contributed by atoms with E-state index in [2.05, 4.69) is 30.8 Å². The second kappa shape index (κ2) is 4.59. The van der Waals surface area contributed by atoms with Crippen LogP contribution in [-0.4, -0.2) is 22.9 Å². The summed E-state index contributed by atoms with van der Waals surface area (Å²) >= 11 is 0. The molecule has 1 saturated heterocycles. The van der Waals surface area contributed by atoms with E-state index in [1.165, 1.54) is 6.42 Å². The summed E-state index contributed by atoms with van der Waals surface area (Å²) in [6.07, 6.45) is 1.24. The standard InChI is InChI=1S/C13H24N4/c1-5-17-13(12(14)11(4)15-17)16-7-6-9(2)10(3)8-16/h9-10H,5-8,14H2,1-4H3. The van der Waals surface area contributed by atoms with E-state index in [4.69, 9.17) is 5.73 Å². The van der Waals surface area contributed by atoms with Gasteiger partial charge in [-0.05, 0) is 32.1 Å². The summed E-state index contributed by atoms with van der Waals surface area (Å²) in [4.78, 5) is 2.41. The van der Waals surface area contributed by atoms with E-state index in [1.54, 1.807) is 0 Å². The van der Waals surface area contributed by atoms with Gasteiger partial charge < -0.3 is 10.6 Å². The van der Waals surface area contributed by atoms with Crippen LogP contribution in [0.2, 0.25) is 0 Å². The molecule has 4 nitrogen and oxygen atoms in total. The SMILES string of the molecule is CCn1nc(C)c(N)c1N1CCC(C)C(C)C1. The van der Waals surface area contributed by atoms with Gasteiger partial charge in [0.25, 0.3) is 0 Å². The Morgan fingerprint density at radius 1 is 1.35 bits per heavy atom. The van der Waals surface area contributed by atoms with Crippen molar-refractivity contribution in [3.8, 4) is 0 Å². The molecule has 1 fully saturated rings. The van der Waals surface area contributed by atoms with Gasteiger partial charge in [-0.15, -0.1) is 0 Å². The van der Waals surface area contributed by atoms with Crippen LogP contribution in [0.5, 0.6) is 0 Å². The molecule has 0 amide bonds. The van der Waals surface area contributed by atoms with E-state index in [-0.39, 0.29) is 0 Å². The molecule has 4 heteroatoms. The fraction of sp³-hybridized carbons (Fsp3) is 0.769. The first-order chi connectivity index (χ1) is 8.04. The van der Waals surface area contributed by atoms with E-state index < -0.39 is 0 Å². The molecule has 2 rings (SSSR count). The Kier molecular flexibility index (Phi) is 3.31. The molecule has 2 unspecified atom stereocenters. The number of piperidine rings is 1. The van der Waals surface area contributed by atoms with Gasteiger partial charge in [-0.1, -0.05) is 13.8 Å². The van der Waals surface area contributed by atoms with Crippen molar-refractivity contribution in [2.75, 3.05) is 23.7 Å². The molecular formula is C13H24N4. The Bertz CT molecular complexity index is 396. The number of nitrogens with two attached hydrogens (primary N) is 1. The van der Waals surface area contributed by atoms with E-state index in [0.29, 0.717) is 0 Å². The van der Waals surface area contributed by atoms with E-state index in [9.17, 15) is 0 Å². The maximum atomic E-state index is 6.16. The van der Waals surface area contributed by atoms with Crippen molar-refractivity contribution in [3.05, 3.63) is 5.69 Å². The highest BCUT2D eigenvalue weighted by Crippen LogP contribution is 2.32. The lowest BCUT2D eigenvalue weighted by atomic mass is 9.89.